The Morgan fingerprint density at radius 2 is 1.73 bits per heavy atom. The van der Waals surface area contributed by atoms with Crippen LogP contribution in [0.3, 0.4) is 0 Å². The van der Waals surface area contributed by atoms with Crippen LogP contribution in [0.5, 0.6) is 0 Å². The van der Waals surface area contributed by atoms with E-state index >= 15 is 0 Å². The highest BCUT2D eigenvalue weighted by molar-refractivity contribution is 6.42. The summed E-state index contributed by atoms with van der Waals surface area (Å²) in [5.41, 5.74) is 0.714. The Labute approximate surface area is 137 Å². The molecule has 5 nitrogen and oxygen atoms in total. The number of nitrogens with zero attached hydrogens (tertiary/aromatic N) is 1. The number of likely N-dealkylation sites (tertiary alicyclic amines) is 1. The van der Waals surface area contributed by atoms with Crippen molar-refractivity contribution in [2.45, 2.75) is 25.0 Å². The lowest BCUT2D eigenvalue weighted by molar-refractivity contribution is -0.142. The van der Waals surface area contributed by atoms with Gasteiger partial charge in [-0.15, -0.1) is 0 Å². The second kappa shape index (κ2) is 5.11. The van der Waals surface area contributed by atoms with E-state index in [-0.39, 0.29) is 42.5 Å². The molecule has 2 amide bonds. The van der Waals surface area contributed by atoms with Crippen LogP contribution in [-0.2, 0) is 14.3 Å². The molecule has 2 bridgehead atoms. The van der Waals surface area contributed by atoms with Gasteiger partial charge in [0.25, 0.3) is 0 Å². The van der Waals surface area contributed by atoms with E-state index in [1.54, 1.807) is 18.2 Å². The van der Waals surface area contributed by atoms with Crippen molar-refractivity contribution < 1.29 is 14.3 Å². The highest BCUT2D eigenvalue weighted by Crippen LogP contribution is 2.48. The van der Waals surface area contributed by atoms with E-state index in [0.717, 1.165) is 12.8 Å². The first-order chi connectivity index (χ1) is 10.6. The van der Waals surface area contributed by atoms with Crippen molar-refractivity contribution in [2.75, 3.05) is 12.0 Å². The van der Waals surface area contributed by atoms with Gasteiger partial charge >= 0.3 is 0 Å². The first-order valence-corrected chi connectivity index (χ1v) is 8.01. The highest BCUT2D eigenvalue weighted by Gasteiger charge is 2.62. The van der Waals surface area contributed by atoms with Crippen LogP contribution in [0.25, 0.3) is 0 Å². The number of hydrogen-bond acceptors (Lipinski definition) is 4. The number of nitrogens with one attached hydrogen (secondary N) is 1. The van der Waals surface area contributed by atoms with Crippen LogP contribution in [0.4, 0.5) is 5.69 Å². The Morgan fingerprint density at radius 1 is 1.09 bits per heavy atom. The molecule has 4 rings (SSSR count). The van der Waals surface area contributed by atoms with Gasteiger partial charge in [-0.05, 0) is 31.0 Å². The van der Waals surface area contributed by atoms with Crippen molar-refractivity contribution >= 4 is 40.7 Å². The van der Waals surface area contributed by atoms with Crippen molar-refractivity contribution in [3.05, 3.63) is 28.2 Å². The fraction of sp³-hybridized carbons (Fsp3) is 0.467. The maximum Gasteiger partial charge on any atom is 0.237 e. The second-order valence-electron chi connectivity index (χ2n) is 5.91. The summed E-state index contributed by atoms with van der Waals surface area (Å²) in [6.07, 6.45) is 1.58. The predicted octanol–water partition coefficient (Wildman–Crippen LogP) is 2.53. The number of benzene rings is 1. The summed E-state index contributed by atoms with van der Waals surface area (Å²) in [7, 11) is 0. The van der Waals surface area contributed by atoms with Crippen LogP contribution in [0.15, 0.2) is 18.2 Å². The summed E-state index contributed by atoms with van der Waals surface area (Å²) in [4.78, 5) is 26.2. The number of anilines is 1. The first kappa shape index (κ1) is 14.3. The molecule has 7 heteroatoms. The Balaban J connectivity index is 1.48. The summed E-state index contributed by atoms with van der Waals surface area (Å²) in [5, 5.41) is 3.94. The molecule has 0 radical (unpaired) electrons. The lowest BCUT2D eigenvalue weighted by atomic mass is 9.81. The number of fused-ring (bicyclic) bond motifs is 5. The van der Waals surface area contributed by atoms with E-state index in [1.807, 2.05) is 0 Å². The van der Waals surface area contributed by atoms with Crippen molar-refractivity contribution in [1.29, 1.82) is 0 Å². The van der Waals surface area contributed by atoms with Gasteiger partial charge < -0.3 is 10.1 Å². The van der Waals surface area contributed by atoms with E-state index in [0.29, 0.717) is 15.7 Å². The molecule has 1 N–H and O–H groups in total. The van der Waals surface area contributed by atoms with Gasteiger partial charge in [0.15, 0.2) is 0 Å². The molecule has 0 saturated carbocycles. The lowest BCUT2D eigenvalue weighted by Crippen LogP contribution is -2.38. The van der Waals surface area contributed by atoms with Gasteiger partial charge in [0, 0.05) is 5.69 Å². The minimum atomic E-state index is -0.290. The van der Waals surface area contributed by atoms with Crippen molar-refractivity contribution in [1.82, 2.24) is 4.90 Å². The van der Waals surface area contributed by atoms with Gasteiger partial charge in [-0.1, -0.05) is 23.2 Å². The number of rotatable bonds is 3. The van der Waals surface area contributed by atoms with Gasteiger partial charge in [0.05, 0.1) is 40.8 Å². The molecule has 0 spiro atoms. The van der Waals surface area contributed by atoms with Gasteiger partial charge in [-0.25, -0.2) is 0 Å². The molecular formula is C15H14Cl2N2O3. The quantitative estimate of drug-likeness (QED) is 0.859. The molecule has 3 aliphatic rings. The van der Waals surface area contributed by atoms with E-state index in [9.17, 15) is 9.59 Å². The Hall–Kier alpha value is -1.30. The lowest BCUT2D eigenvalue weighted by Gasteiger charge is -2.18. The van der Waals surface area contributed by atoms with Gasteiger partial charge in [0.2, 0.25) is 11.8 Å². The Bertz CT molecular complexity index is 638. The number of carbonyl (C=O) groups excluding carboxylic acids is 2. The van der Waals surface area contributed by atoms with Crippen LogP contribution < -0.4 is 5.32 Å². The van der Waals surface area contributed by atoms with Crippen molar-refractivity contribution in [3.8, 4) is 0 Å². The third kappa shape index (κ3) is 2.03. The molecule has 0 unspecified atom stereocenters. The normalized spacial score (nSPS) is 32.7. The topological polar surface area (TPSA) is 58.6 Å². The zero-order valence-corrected chi connectivity index (χ0v) is 13.1. The Kier molecular flexibility index (Phi) is 3.33. The molecular weight excluding hydrogens is 327 g/mol. The van der Waals surface area contributed by atoms with Gasteiger partial charge in [0.1, 0.15) is 0 Å². The number of amides is 2. The largest absolute Gasteiger partial charge is 0.373 e. The number of carbonyl (C=O) groups is 2. The second-order valence-corrected chi connectivity index (χ2v) is 6.72. The number of imide groups is 1. The maximum absolute atomic E-state index is 12.5. The van der Waals surface area contributed by atoms with Crippen LogP contribution >= 0.6 is 23.2 Å². The molecule has 1 aromatic rings. The van der Waals surface area contributed by atoms with E-state index < -0.39 is 0 Å². The van der Waals surface area contributed by atoms with E-state index in [2.05, 4.69) is 5.32 Å². The Morgan fingerprint density at radius 3 is 2.32 bits per heavy atom. The molecule has 3 aliphatic heterocycles. The molecule has 0 aromatic heterocycles. The monoisotopic (exact) mass is 340 g/mol. The molecule has 1 aromatic carbocycles. The SMILES string of the molecule is O=C1[C@@H]2[C@H](C(=O)N1CNc1ccc(Cl)c(Cl)c1)[C@H]1CC[C@H]2O1. The standard InChI is InChI=1S/C15H14Cl2N2O3/c16-8-2-1-7(5-9(8)17)18-6-19-14(20)12-10-3-4-11(22-10)13(12)15(19)21/h1-2,5,10-13,18H,3-4,6H2/t10-,11-,12-,13+/m1/s1. The third-order valence-corrected chi connectivity index (χ3v) is 5.48. The maximum atomic E-state index is 12.5. The number of ether oxygens (including phenoxy) is 1. The molecule has 22 heavy (non-hydrogen) atoms. The first-order valence-electron chi connectivity index (χ1n) is 7.26. The number of halogens is 2. The summed E-state index contributed by atoms with van der Waals surface area (Å²) in [6.45, 7) is 0.141. The smallest absolute Gasteiger partial charge is 0.237 e. The van der Waals surface area contributed by atoms with E-state index in [4.69, 9.17) is 27.9 Å². The minimum Gasteiger partial charge on any atom is -0.373 e. The zero-order valence-electron chi connectivity index (χ0n) is 11.6. The van der Waals surface area contributed by atoms with Gasteiger partial charge in [-0.2, -0.15) is 0 Å². The summed E-state index contributed by atoms with van der Waals surface area (Å²) in [6, 6.07) is 5.10. The van der Waals surface area contributed by atoms with Crippen molar-refractivity contribution in [2.24, 2.45) is 11.8 Å². The molecule has 4 atom stereocenters. The zero-order chi connectivity index (χ0) is 15.4. The van der Waals surface area contributed by atoms with Crippen LogP contribution in [0.2, 0.25) is 10.0 Å². The highest BCUT2D eigenvalue weighted by atomic mass is 35.5. The molecule has 116 valence electrons. The predicted molar refractivity (Wildman–Crippen MR) is 81.7 cm³/mol. The minimum absolute atomic E-state index is 0.0820. The average Bonchev–Trinajstić information content (AvgIpc) is 3.16. The fourth-order valence-electron chi connectivity index (χ4n) is 3.71. The number of hydrogen-bond donors (Lipinski definition) is 1. The summed E-state index contributed by atoms with van der Waals surface area (Å²) < 4.78 is 5.70. The van der Waals surface area contributed by atoms with Crippen molar-refractivity contribution in [3.63, 3.8) is 0 Å². The molecule has 3 fully saturated rings. The summed E-state index contributed by atoms with van der Waals surface area (Å²) in [5.74, 6) is -0.840. The van der Waals surface area contributed by atoms with Crippen LogP contribution in [0, 0.1) is 11.8 Å². The average molecular weight is 341 g/mol. The van der Waals surface area contributed by atoms with Crippen LogP contribution in [-0.4, -0.2) is 35.6 Å². The summed E-state index contributed by atoms with van der Waals surface area (Å²) >= 11 is 11.8. The molecule has 3 heterocycles. The fourth-order valence-corrected chi connectivity index (χ4v) is 4.00. The molecule has 0 aliphatic carbocycles. The van der Waals surface area contributed by atoms with E-state index in [1.165, 1.54) is 4.90 Å². The molecule has 3 saturated heterocycles. The third-order valence-electron chi connectivity index (χ3n) is 4.74. The van der Waals surface area contributed by atoms with Gasteiger partial charge in [-0.3, -0.25) is 14.5 Å². The van der Waals surface area contributed by atoms with Crippen LogP contribution in [0.1, 0.15) is 12.8 Å².